The van der Waals surface area contributed by atoms with Gasteiger partial charge >= 0.3 is 12.0 Å². The van der Waals surface area contributed by atoms with Crippen molar-refractivity contribution in [1.29, 1.82) is 0 Å². The van der Waals surface area contributed by atoms with E-state index in [0.29, 0.717) is 23.4 Å². The van der Waals surface area contributed by atoms with Gasteiger partial charge in [-0.3, -0.25) is 14.9 Å². The Morgan fingerprint density at radius 3 is 2.45 bits per heavy atom. The molecule has 0 atom stereocenters. The van der Waals surface area contributed by atoms with Gasteiger partial charge in [0.25, 0.3) is 11.8 Å². The fourth-order valence-corrected chi connectivity index (χ4v) is 4.79. The Labute approximate surface area is 203 Å². The van der Waals surface area contributed by atoms with Gasteiger partial charge < -0.3 is 9.47 Å². The summed E-state index contributed by atoms with van der Waals surface area (Å²) < 4.78 is 24.8. The van der Waals surface area contributed by atoms with E-state index in [-0.39, 0.29) is 17.9 Å². The van der Waals surface area contributed by atoms with Crippen molar-refractivity contribution >= 4 is 80.8 Å². The topological polar surface area (TPSA) is 102 Å². The van der Waals surface area contributed by atoms with Gasteiger partial charge in [0.05, 0.1) is 19.9 Å². The Kier molecular flexibility index (Phi) is 7.25. The number of benzene rings is 2. The maximum Gasteiger partial charge on any atom is 0.343 e. The number of amides is 4. The summed E-state index contributed by atoms with van der Waals surface area (Å²) in [5, 5.41) is 2.08. The smallest absolute Gasteiger partial charge is 0.343 e. The molecule has 11 heteroatoms. The average molecular weight is 650 g/mol. The third kappa shape index (κ3) is 5.20. The summed E-state index contributed by atoms with van der Waals surface area (Å²) >= 11 is 3.99. The van der Waals surface area contributed by atoms with Gasteiger partial charge in [-0.15, -0.1) is 0 Å². The van der Waals surface area contributed by atoms with Crippen LogP contribution in [0.4, 0.5) is 14.9 Å². The second-order valence-electron chi connectivity index (χ2n) is 6.12. The van der Waals surface area contributed by atoms with Gasteiger partial charge in [-0.2, -0.15) is 0 Å². The van der Waals surface area contributed by atoms with Crippen LogP contribution in [-0.4, -0.2) is 37.5 Å². The second kappa shape index (κ2) is 9.72. The van der Waals surface area contributed by atoms with Crippen LogP contribution in [0.15, 0.2) is 42.0 Å². The zero-order chi connectivity index (χ0) is 22.7. The van der Waals surface area contributed by atoms with Crippen molar-refractivity contribution in [3.8, 4) is 5.75 Å². The minimum Gasteiger partial charge on any atom is -0.480 e. The average Bonchev–Trinajstić information content (AvgIpc) is 2.70. The van der Waals surface area contributed by atoms with Crippen molar-refractivity contribution < 1.29 is 33.0 Å². The van der Waals surface area contributed by atoms with Crippen LogP contribution in [0.5, 0.6) is 5.75 Å². The molecule has 0 radical (unpaired) electrons. The molecule has 1 N–H and O–H groups in total. The fourth-order valence-electron chi connectivity index (χ4n) is 2.66. The molecule has 1 aliphatic rings. The molecule has 0 bridgehead atoms. The fraction of sp³-hybridized carbons (Fsp3) is 0.100. The Morgan fingerprint density at radius 1 is 1.16 bits per heavy atom. The molecule has 1 aliphatic heterocycles. The summed E-state index contributed by atoms with van der Waals surface area (Å²) in [5.74, 6) is -2.46. The van der Waals surface area contributed by atoms with Crippen LogP contribution in [0.25, 0.3) is 6.08 Å². The molecule has 4 amide bonds. The summed E-state index contributed by atoms with van der Waals surface area (Å²) in [7, 11) is 1.25. The Balaban J connectivity index is 1.94. The first-order chi connectivity index (χ1) is 14.7. The van der Waals surface area contributed by atoms with E-state index in [0.717, 1.165) is 6.07 Å². The highest BCUT2D eigenvalue weighted by Crippen LogP contribution is 2.30. The van der Waals surface area contributed by atoms with Crippen molar-refractivity contribution in [3.05, 3.63) is 60.5 Å². The molecule has 0 aromatic heterocycles. The van der Waals surface area contributed by atoms with Crippen LogP contribution in [0.3, 0.4) is 0 Å². The first-order valence-electron chi connectivity index (χ1n) is 8.57. The number of anilines is 1. The van der Waals surface area contributed by atoms with Gasteiger partial charge in [-0.1, -0.05) is 6.07 Å². The van der Waals surface area contributed by atoms with Gasteiger partial charge in [0, 0.05) is 0 Å². The number of rotatable bonds is 5. The molecule has 3 rings (SSSR count). The third-order valence-electron chi connectivity index (χ3n) is 4.06. The molecular weight excluding hydrogens is 637 g/mol. The minimum absolute atomic E-state index is 0.00313. The molecule has 2 aromatic rings. The maximum atomic E-state index is 13.6. The molecule has 0 aliphatic carbocycles. The molecule has 1 heterocycles. The van der Waals surface area contributed by atoms with Gasteiger partial charge in [-0.05, 0) is 87.2 Å². The zero-order valence-corrected chi connectivity index (χ0v) is 20.1. The van der Waals surface area contributed by atoms with Crippen molar-refractivity contribution in [2.75, 3.05) is 18.6 Å². The lowest BCUT2D eigenvalue weighted by atomic mass is 10.1. The van der Waals surface area contributed by atoms with Gasteiger partial charge in [0.2, 0.25) is 0 Å². The number of urea groups is 1. The highest BCUT2D eigenvalue weighted by Gasteiger charge is 2.37. The van der Waals surface area contributed by atoms with Gasteiger partial charge in [0.1, 0.15) is 17.1 Å². The second-order valence-corrected chi connectivity index (χ2v) is 8.44. The normalized spacial score (nSPS) is 15.2. The van der Waals surface area contributed by atoms with Crippen molar-refractivity contribution in [2.24, 2.45) is 0 Å². The van der Waals surface area contributed by atoms with Crippen molar-refractivity contribution in [2.45, 2.75) is 0 Å². The number of imide groups is 2. The lowest BCUT2D eigenvalue weighted by Gasteiger charge is -2.26. The van der Waals surface area contributed by atoms with Crippen LogP contribution in [-0.2, 0) is 19.1 Å². The molecule has 160 valence electrons. The van der Waals surface area contributed by atoms with E-state index < -0.39 is 29.6 Å². The van der Waals surface area contributed by atoms with Crippen LogP contribution >= 0.6 is 45.2 Å². The largest absolute Gasteiger partial charge is 0.480 e. The Hall–Kier alpha value is -2.55. The minimum atomic E-state index is -0.964. The Morgan fingerprint density at radius 2 is 1.84 bits per heavy atom. The van der Waals surface area contributed by atoms with E-state index in [4.69, 9.17) is 4.74 Å². The number of barbiturate groups is 1. The highest BCUT2D eigenvalue weighted by molar-refractivity contribution is 14.1. The SMILES string of the molecule is COC(=O)COc1c(I)cc(/C=C2\C(=O)NC(=O)N(c3cccc(F)c3)C2=O)cc1I. The molecule has 0 saturated carbocycles. The lowest BCUT2D eigenvalue weighted by Crippen LogP contribution is -2.54. The van der Waals surface area contributed by atoms with E-state index in [9.17, 15) is 23.6 Å². The number of nitrogens with one attached hydrogen (secondary N) is 1. The number of hydrogen-bond acceptors (Lipinski definition) is 6. The standard InChI is InChI=1S/C20H13FI2N2O6/c1-30-16(26)9-31-17-14(22)6-10(7-15(17)23)5-13-18(27)24-20(29)25(19(13)28)12-4-2-3-11(21)8-12/h2-8H,9H2,1H3,(H,24,27,29)/b13-5+. The van der Waals surface area contributed by atoms with Crippen LogP contribution < -0.4 is 15.0 Å². The zero-order valence-electron chi connectivity index (χ0n) is 15.8. The van der Waals surface area contributed by atoms with E-state index in [1.807, 2.05) is 45.2 Å². The molecule has 1 fully saturated rings. The quantitative estimate of drug-likeness (QED) is 0.231. The summed E-state index contributed by atoms with van der Waals surface area (Å²) in [6.45, 7) is -0.269. The van der Waals surface area contributed by atoms with Crippen LogP contribution in [0, 0.1) is 13.0 Å². The first kappa shape index (κ1) is 23.1. The van der Waals surface area contributed by atoms with Gasteiger partial charge in [-0.25, -0.2) is 18.9 Å². The van der Waals surface area contributed by atoms with E-state index in [1.165, 1.54) is 31.4 Å². The molecule has 31 heavy (non-hydrogen) atoms. The summed E-state index contributed by atoms with van der Waals surface area (Å²) in [6, 6.07) is 7.25. The monoisotopic (exact) mass is 650 g/mol. The highest BCUT2D eigenvalue weighted by atomic mass is 127. The molecule has 0 spiro atoms. The van der Waals surface area contributed by atoms with E-state index in [1.54, 1.807) is 12.1 Å². The number of methoxy groups -OCH3 is 1. The van der Waals surface area contributed by atoms with Crippen molar-refractivity contribution in [3.63, 3.8) is 0 Å². The molecular formula is C20H13FI2N2O6. The van der Waals surface area contributed by atoms with Crippen LogP contribution in [0.2, 0.25) is 0 Å². The summed E-state index contributed by atoms with van der Waals surface area (Å²) in [5.41, 5.74) is 0.196. The number of ether oxygens (including phenoxy) is 2. The number of nitrogens with zero attached hydrogens (tertiary/aromatic N) is 1. The number of carbonyl (C=O) groups is 4. The van der Waals surface area contributed by atoms with Crippen LogP contribution in [0.1, 0.15) is 5.56 Å². The lowest BCUT2D eigenvalue weighted by molar-refractivity contribution is -0.143. The predicted molar refractivity (Wildman–Crippen MR) is 125 cm³/mol. The molecule has 8 nitrogen and oxygen atoms in total. The first-order valence-corrected chi connectivity index (χ1v) is 10.7. The number of halogens is 3. The number of esters is 1. The van der Waals surface area contributed by atoms with E-state index in [2.05, 4.69) is 10.1 Å². The maximum absolute atomic E-state index is 13.6. The summed E-state index contributed by atoms with van der Waals surface area (Å²) in [6.07, 6.45) is 1.32. The predicted octanol–water partition coefficient (Wildman–Crippen LogP) is 3.25. The number of carbonyl (C=O) groups excluding carboxylic acids is 4. The van der Waals surface area contributed by atoms with Crippen molar-refractivity contribution in [1.82, 2.24) is 5.32 Å². The Bertz CT molecular complexity index is 1110. The van der Waals surface area contributed by atoms with Gasteiger partial charge in [0.15, 0.2) is 6.61 Å². The molecule has 2 aromatic carbocycles. The number of hydrogen-bond donors (Lipinski definition) is 1. The third-order valence-corrected chi connectivity index (χ3v) is 5.66. The van der Waals surface area contributed by atoms with E-state index >= 15 is 0 Å². The molecule has 0 unspecified atom stereocenters. The summed E-state index contributed by atoms with van der Waals surface area (Å²) in [4.78, 5) is 49.4. The molecule has 1 saturated heterocycles.